The average Bonchev–Trinajstić information content (AvgIpc) is 2.47. The van der Waals surface area contributed by atoms with Crippen molar-refractivity contribution < 1.29 is 24.5 Å². The molecule has 0 aliphatic heterocycles. The Labute approximate surface area is 124 Å². The van der Waals surface area contributed by atoms with Crippen molar-refractivity contribution in [1.29, 1.82) is 0 Å². The third kappa shape index (κ3) is 4.04. The maximum absolute atomic E-state index is 12.1. The van der Waals surface area contributed by atoms with E-state index in [2.05, 4.69) is 0 Å². The molecule has 1 aromatic carbocycles. The average molecular weight is 294 g/mol. The molecule has 2 unspecified atom stereocenters. The number of aliphatic hydroxyl groups is 1. The molecule has 0 saturated heterocycles. The van der Waals surface area contributed by atoms with Gasteiger partial charge in [-0.25, -0.2) is 0 Å². The van der Waals surface area contributed by atoms with Gasteiger partial charge in [-0.05, 0) is 18.9 Å². The minimum atomic E-state index is -1.71. The van der Waals surface area contributed by atoms with Crippen LogP contribution in [0, 0.1) is 5.41 Å². The number of aliphatic carboxylic acids is 1. The van der Waals surface area contributed by atoms with Crippen LogP contribution in [0.4, 0.5) is 0 Å². The van der Waals surface area contributed by atoms with Gasteiger partial charge >= 0.3 is 11.9 Å². The summed E-state index contributed by atoms with van der Waals surface area (Å²) < 4.78 is 4.93. The predicted molar refractivity (Wildman–Crippen MR) is 77.6 cm³/mol. The standard InChI is InChI=1S/C16H22O5/c1-3-10-16(14(18)19,15(20)21-4-2)11-13(17)12-8-6-5-7-9-12/h5-9,13,17H,3-4,10-11H2,1-2H3,(H,18,19). The van der Waals surface area contributed by atoms with Gasteiger partial charge in [0.15, 0.2) is 5.41 Å². The zero-order chi connectivity index (χ0) is 15.9. The summed E-state index contributed by atoms with van der Waals surface area (Å²) >= 11 is 0. The molecule has 5 nitrogen and oxygen atoms in total. The van der Waals surface area contributed by atoms with E-state index in [1.54, 1.807) is 44.2 Å². The monoisotopic (exact) mass is 294 g/mol. The van der Waals surface area contributed by atoms with E-state index in [0.717, 1.165) is 0 Å². The highest BCUT2D eigenvalue weighted by Crippen LogP contribution is 2.36. The number of carbonyl (C=O) groups excluding carboxylic acids is 1. The Balaban J connectivity index is 3.06. The van der Waals surface area contributed by atoms with Crippen molar-refractivity contribution >= 4 is 11.9 Å². The minimum absolute atomic E-state index is 0.110. The molecule has 2 atom stereocenters. The Kier molecular flexibility index (Phi) is 6.37. The van der Waals surface area contributed by atoms with Crippen LogP contribution in [-0.2, 0) is 14.3 Å². The molecule has 0 heterocycles. The van der Waals surface area contributed by atoms with Crippen LogP contribution in [0.15, 0.2) is 30.3 Å². The van der Waals surface area contributed by atoms with Crippen LogP contribution in [-0.4, -0.2) is 28.8 Å². The molecular weight excluding hydrogens is 272 g/mol. The van der Waals surface area contributed by atoms with Gasteiger partial charge in [0.1, 0.15) is 0 Å². The molecule has 0 aliphatic carbocycles. The van der Waals surface area contributed by atoms with Gasteiger partial charge in [0.25, 0.3) is 0 Å². The van der Waals surface area contributed by atoms with Gasteiger partial charge in [-0.2, -0.15) is 0 Å². The number of carboxylic acid groups (broad SMARTS) is 1. The Morgan fingerprint density at radius 3 is 2.33 bits per heavy atom. The molecule has 0 radical (unpaired) electrons. The van der Waals surface area contributed by atoms with Gasteiger partial charge in [-0.1, -0.05) is 43.7 Å². The summed E-state index contributed by atoms with van der Waals surface area (Å²) in [5.74, 6) is -2.04. The van der Waals surface area contributed by atoms with Crippen molar-refractivity contribution in [3.63, 3.8) is 0 Å². The molecule has 1 aromatic rings. The van der Waals surface area contributed by atoms with Crippen molar-refractivity contribution in [3.05, 3.63) is 35.9 Å². The van der Waals surface area contributed by atoms with Crippen molar-refractivity contribution in [2.45, 2.75) is 39.2 Å². The van der Waals surface area contributed by atoms with E-state index >= 15 is 0 Å². The van der Waals surface area contributed by atoms with E-state index < -0.39 is 23.5 Å². The van der Waals surface area contributed by atoms with E-state index in [1.807, 2.05) is 0 Å². The van der Waals surface area contributed by atoms with Gasteiger partial charge in [0, 0.05) is 6.42 Å². The number of esters is 1. The van der Waals surface area contributed by atoms with E-state index in [0.29, 0.717) is 12.0 Å². The summed E-state index contributed by atoms with van der Waals surface area (Å²) in [7, 11) is 0. The Bertz CT molecular complexity index is 471. The molecule has 0 amide bonds. The van der Waals surface area contributed by atoms with Gasteiger partial charge in [-0.3, -0.25) is 9.59 Å². The molecule has 0 aromatic heterocycles. The second-order valence-corrected chi connectivity index (χ2v) is 4.99. The van der Waals surface area contributed by atoms with Crippen LogP contribution in [0.1, 0.15) is 44.8 Å². The SMILES string of the molecule is CCCC(CC(O)c1ccccc1)(C(=O)O)C(=O)OCC. The summed E-state index contributed by atoms with van der Waals surface area (Å²) in [5, 5.41) is 19.8. The quantitative estimate of drug-likeness (QED) is 0.568. The number of carboxylic acids is 1. The number of carbonyl (C=O) groups is 2. The second kappa shape index (κ2) is 7.78. The lowest BCUT2D eigenvalue weighted by atomic mass is 9.77. The van der Waals surface area contributed by atoms with Gasteiger partial charge in [-0.15, -0.1) is 0 Å². The molecule has 116 valence electrons. The summed E-state index contributed by atoms with van der Waals surface area (Å²) in [4.78, 5) is 23.8. The molecule has 21 heavy (non-hydrogen) atoms. The first-order valence-electron chi connectivity index (χ1n) is 7.11. The van der Waals surface area contributed by atoms with Crippen LogP contribution >= 0.6 is 0 Å². The maximum atomic E-state index is 12.1. The molecule has 2 N–H and O–H groups in total. The van der Waals surface area contributed by atoms with Gasteiger partial charge in [0.2, 0.25) is 0 Å². The van der Waals surface area contributed by atoms with E-state index in [9.17, 15) is 19.8 Å². The predicted octanol–water partition coefficient (Wildman–Crippen LogP) is 2.54. The zero-order valence-electron chi connectivity index (χ0n) is 12.4. The van der Waals surface area contributed by atoms with Crippen molar-refractivity contribution in [2.75, 3.05) is 6.61 Å². The smallest absolute Gasteiger partial charge is 0.323 e. The van der Waals surface area contributed by atoms with Crippen molar-refractivity contribution in [3.8, 4) is 0 Å². The molecule has 0 spiro atoms. The summed E-state index contributed by atoms with van der Waals surface area (Å²) in [6.45, 7) is 3.54. The summed E-state index contributed by atoms with van der Waals surface area (Å²) in [6, 6.07) is 8.72. The molecule has 5 heteroatoms. The molecular formula is C16H22O5. The fourth-order valence-corrected chi connectivity index (χ4v) is 2.39. The second-order valence-electron chi connectivity index (χ2n) is 4.99. The Morgan fingerprint density at radius 1 is 1.24 bits per heavy atom. The maximum Gasteiger partial charge on any atom is 0.323 e. The van der Waals surface area contributed by atoms with Crippen LogP contribution in [0.2, 0.25) is 0 Å². The van der Waals surface area contributed by atoms with Crippen LogP contribution in [0.5, 0.6) is 0 Å². The Morgan fingerprint density at radius 2 is 1.86 bits per heavy atom. The number of rotatable bonds is 8. The molecule has 0 bridgehead atoms. The number of hydrogen-bond donors (Lipinski definition) is 2. The summed E-state index contributed by atoms with van der Waals surface area (Å²) in [6.07, 6.45) is -0.588. The third-order valence-corrected chi connectivity index (χ3v) is 3.48. The molecule has 1 rings (SSSR count). The number of hydrogen-bond acceptors (Lipinski definition) is 4. The summed E-state index contributed by atoms with van der Waals surface area (Å²) in [5.41, 5.74) is -1.12. The van der Waals surface area contributed by atoms with Gasteiger partial charge < -0.3 is 14.9 Å². The first-order chi connectivity index (χ1) is 9.97. The lowest BCUT2D eigenvalue weighted by Crippen LogP contribution is -2.42. The van der Waals surface area contributed by atoms with E-state index in [4.69, 9.17) is 4.74 Å². The topological polar surface area (TPSA) is 83.8 Å². The first-order valence-corrected chi connectivity index (χ1v) is 7.11. The minimum Gasteiger partial charge on any atom is -0.480 e. The molecule has 0 aliphatic rings. The number of aliphatic hydroxyl groups excluding tert-OH is 1. The van der Waals surface area contributed by atoms with Crippen molar-refractivity contribution in [2.24, 2.45) is 5.41 Å². The van der Waals surface area contributed by atoms with Crippen LogP contribution in [0.3, 0.4) is 0 Å². The molecule has 0 fully saturated rings. The van der Waals surface area contributed by atoms with E-state index in [1.165, 1.54) is 0 Å². The van der Waals surface area contributed by atoms with E-state index in [-0.39, 0.29) is 19.4 Å². The lowest BCUT2D eigenvalue weighted by Gasteiger charge is -2.29. The lowest BCUT2D eigenvalue weighted by molar-refractivity contribution is -0.172. The molecule has 0 saturated carbocycles. The number of benzene rings is 1. The fraction of sp³-hybridized carbons (Fsp3) is 0.500. The van der Waals surface area contributed by atoms with Crippen molar-refractivity contribution in [1.82, 2.24) is 0 Å². The van der Waals surface area contributed by atoms with Gasteiger partial charge in [0.05, 0.1) is 12.7 Å². The highest BCUT2D eigenvalue weighted by molar-refractivity contribution is 5.99. The zero-order valence-corrected chi connectivity index (χ0v) is 12.4. The number of ether oxygens (including phenoxy) is 1. The third-order valence-electron chi connectivity index (χ3n) is 3.48. The fourth-order valence-electron chi connectivity index (χ4n) is 2.39. The largest absolute Gasteiger partial charge is 0.480 e. The first kappa shape index (κ1) is 17.2. The highest BCUT2D eigenvalue weighted by Gasteiger charge is 2.48. The normalized spacial score (nSPS) is 15.0. The Hall–Kier alpha value is -1.88. The van der Waals surface area contributed by atoms with Crippen LogP contribution < -0.4 is 0 Å². The highest BCUT2D eigenvalue weighted by atomic mass is 16.5. The van der Waals surface area contributed by atoms with Crippen LogP contribution in [0.25, 0.3) is 0 Å².